The van der Waals surface area contributed by atoms with Crippen molar-refractivity contribution in [3.8, 4) is 11.3 Å². The van der Waals surface area contributed by atoms with Gasteiger partial charge in [0.25, 0.3) is 0 Å². The quantitative estimate of drug-likeness (QED) is 0.930. The summed E-state index contributed by atoms with van der Waals surface area (Å²) >= 11 is 1.46. The van der Waals surface area contributed by atoms with E-state index in [-0.39, 0.29) is 11.8 Å². The van der Waals surface area contributed by atoms with E-state index >= 15 is 0 Å². The maximum absolute atomic E-state index is 12.1. The Hall–Kier alpha value is -1.72. The van der Waals surface area contributed by atoms with E-state index in [0.29, 0.717) is 24.3 Å². The topological polar surface area (TPSA) is 51.2 Å². The van der Waals surface area contributed by atoms with Crippen molar-refractivity contribution in [2.75, 3.05) is 18.5 Å². The summed E-state index contributed by atoms with van der Waals surface area (Å²) in [6, 6.07) is 8.43. The first kappa shape index (κ1) is 15.2. The largest absolute Gasteiger partial charge is 0.381 e. The molecule has 2 heterocycles. The molecule has 2 aromatic rings. The van der Waals surface area contributed by atoms with Crippen molar-refractivity contribution in [1.82, 2.24) is 4.98 Å². The standard InChI is InChI=1S/C17H20N2O2S/c1-11(2)12-3-5-13(6-4-12)15-10-22-17(18-15)19-16(20)14-7-8-21-9-14/h3-6,10-11,14H,7-9H2,1-2H3,(H,18,19,20). The number of carbonyl (C=O) groups is 1. The molecule has 5 heteroatoms. The molecule has 0 saturated carbocycles. The summed E-state index contributed by atoms with van der Waals surface area (Å²) in [6.07, 6.45) is 0.792. The Morgan fingerprint density at radius 3 is 2.77 bits per heavy atom. The summed E-state index contributed by atoms with van der Waals surface area (Å²) in [7, 11) is 0. The molecule has 1 N–H and O–H groups in total. The molecule has 1 aromatic heterocycles. The van der Waals surface area contributed by atoms with Crippen molar-refractivity contribution in [2.45, 2.75) is 26.2 Å². The van der Waals surface area contributed by atoms with Crippen LogP contribution < -0.4 is 5.32 Å². The number of thiazole rings is 1. The number of hydrogen-bond acceptors (Lipinski definition) is 4. The molecule has 4 nitrogen and oxygen atoms in total. The van der Waals surface area contributed by atoms with Crippen molar-refractivity contribution in [3.63, 3.8) is 0 Å². The van der Waals surface area contributed by atoms with E-state index in [1.54, 1.807) is 0 Å². The van der Waals surface area contributed by atoms with Gasteiger partial charge in [0.2, 0.25) is 5.91 Å². The first-order valence-corrected chi connectivity index (χ1v) is 8.46. The number of aromatic nitrogens is 1. The smallest absolute Gasteiger partial charge is 0.231 e. The van der Waals surface area contributed by atoms with Crippen molar-refractivity contribution in [2.24, 2.45) is 5.92 Å². The van der Waals surface area contributed by atoms with E-state index < -0.39 is 0 Å². The highest BCUT2D eigenvalue weighted by Crippen LogP contribution is 2.27. The number of hydrogen-bond donors (Lipinski definition) is 1. The fourth-order valence-corrected chi connectivity index (χ4v) is 3.17. The van der Waals surface area contributed by atoms with Crippen molar-refractivity contribution >= 4 is 22.4 Å². The van der Waals surface area contributed by atoms with E-state index in [4.69, 9.17) is 4.74 Å². The van der Waals surface area contributed by atoms with E-state index in [2.05, 4.69) is 48.4 Å². The number of ether oxygens (including phenoxy) is 1. The second-order valence-corrected chi connectivity index (χ2v) is 6.72. The van der Waals surface area contributed by atoms with Crippen LogP contribution in [0.2, 0.25) is 0 Å². The predicted molar refractivity (Wildman–Crippen MR) is 89.2 cm³/mol. The van der Waals surface area contributed by atoms with E-state index in [1.165, 1.54) is 16.9 Å². The Labute approximate surface area is 134 Å². The number of amides is 1. The molecule has 22 heavy (non-hydrogen) atoms. The summed E-state index contributed by atoms with van der Waals surface area (Å²) in [5, 5.41) is 5.52. The summed E-state index contributed by atoms with van der Waals surface area (Å²) in [5.74, 6) is 0.485. The molecule has 1 amide bonds. The zero-order chi connectivity index (χ0) is 15.5. The van der Waals surface area contributed by atoms with Crippen LogP contribution in [0.4, 0.5) is 5.13 Å². The molecule has 1 aliphatic rings. The molecule has 1 saturated heterocycles. The van der Waals surface area contributed by atoms with Crippen LogP contribution in [0.5, 0.6) is 0 Å². The van der Waals surface area contributed by atoms with Gasteiger partial charge in [-0.3, -0.25) is 4.79 Å². The number of anilines is 1. The van der Waals surface area contributed by atoms with E-state index in [9.17, 15) is 4.79 Å². The molecule has 0 radical (unpaired) electrons. The Bertz CT molecular complexity index is 643. The minimum atomic E-state index is -0.0438. The molecule has 116 valence electrons. The highest BCUT2D eigenvalue weighted by molar-refractivity contribution is 7.14. The van der Waals surface area contributed by atoms with Crippen LogP contribution in [0.25, 0.3) is 11.3 Å². The minimum absolute atomic E-state index is 0.00792. The summed E-state index contributed by atoms with van der Waals surface area (Å²) in [4.78, 5) is 16.6. The van der Waals surface area contributed by atoms with Crippen molar-refractivity contribution in [3.05, 3.63) is 35.2 Å². The normalized spacial score (nSPS) is 17.9. The van der Waals surface area contributed by atoms with Crippen molar-refractivity contribution in [1.29, 1.82) is 0 Å². The van der Waals surface area contributed by atoms with Crippen LogP contribution in [0, 0.1) is 5.92 Å². The van der Waals surface area contributed by atoms with Gasteiger partial charge in [-0.15, -0.1) is 11.3 Å². The van der Waals surface area contributed by atoms with Gasteiger partial charge < -0.3 is 10.1 Å². The molecule has 1 atom stereocenters. The number of nitrogens with one attached hydrogen (secondary N) is 1. The fraction of sp³-hybridized carbons (Fsp3) is 0.412. The third-order valence-electron chi connectivity index (χ3n) is 3.91. The van der Waals surface area contributed by atoms with Crippen molar-refractivity contribution < 1.29 is 9.53 Å². The Morgan fingerprint density at radius 1 is 1.36 bits per heavy atom. The third-order valence-corrected chi connectivity index (χ3v) is 4.67. The third kappa shape index (κ3) is 3.36. The number of carbonyl (C=O) groups excluding carboxylic acids is 1. The number of benzene rings is 1. The van der Waals surface area contributed by atoms with Gasteiger partial charge in [-0.2, -0.15) is 0 Å². The molecule has 3 rings (SSSR count). The van der Waals surface area contributed by atoms with E-state index in [1.807, 2.05) is 5.38 Å². The molecule has 1 unspecified atom stereocenters. The van der Waals surface area contributed by atoms with Gasteiger partial charge >= 0.3 is 0 Å². The van der Waals surface area contributed by atoms with Crippen LogP contribution in [0.3, 0.4) is 0 Å². The Kier molecular flexibility index (Phi) is 4.55. The van der Waals surface area contributed by atoms with Gasteiger partial charge in [-0.05, 0) is 17.9 Å². The maximum atomic E-state index is 12.1. The highest BCUT2D eigenvalue weighted by Gasteiger charge is 2.24. The lowest BCUT2D eigenvalue weighted by Crippen LogP contribution is -2.22. The average molecular weight is 316 g/mol. The van der Waals surface area contributed by atoms with E-state index in [0.717, 1.165) is 17.7 Å². The second-order valence-electron chi connectivity index (χ2n) is 5.86. The van der Waals surface area contributed by atoms with Gasteiger partial charge in [0, 0.05) is 17.6 Å². The first-order valence-electron chi connectivity index (χ1n) is 7.58. The Balaban J connectivity index is 1.69. The minimum Gasteiger partial charge on any atom is -0.381 e. The fourth-order valence-electron chi connectivity index (χ4n) is 2.45. The molecular weight excluding hydrogens is 296 g/mol. The molecule has 1 fully saturated rings. The van der Waals surface area contributed by atoms with Crippen LogP contribution >= 0.6 is 11.3 Å². The van der Waals surface area contributed by atoms with Gasteiger partial charge in [0.15, 0.2) is 5.13 Å². The van der Waals surface area contributed by atoms with Gasteiger partial charge in [-0.25, -0.2) is 4.98 Å². The zero-order valence-electron chi connectivity index (χ0n) is 12.8. The highest BCUT2D eigenvalue weighted by atomic mass is 32.1. The van der Waals surface area contributed by atoms with Crippen LogP contribution in [0.15, 0.2) is 29.6 Å². The molecule has 0 bridgehead atoms. The van der Waals surface area contributed by atoms with Gasteiger partial charge in [-0.1, -0.05) is 38.1 Å². The molecule has 0 aliphatic carbocycles. The SMILES string of the molecule is CC(C)c1ccc(-c2csc(NC(=O)C3CCOC3)n2)cc1. The zero-order valence-corrected chi connectivity index (χ0v) is 13.7. The van der Waals surface area contributed by atoms with Crippen LogP contribution in [-0.4, -0.2) is 24.1 Å². The van der Waals surface area contributed by atoms with Crippen LogP contribution in [-0.2, 0) is 9.53 Å². The van der Waals surface area contributed by atoms with Crippen LogP contribution in [0.1, 0.15) is 31.7 Å². The monoisotopic (exact) mass is 316 g/mol. The van der Waals surface area contributed by atoms with Gasteiger partial charge in [0.05, 0.1) is 18.2 Å². The summed E-state index contributed by atoms with van der Waals surface area (Å²) in [6.45, 7) is 5.54. The molecular formula is C17H20N2O2S. The number of nitrogens with zero attached hydrogens (tertiary/aromatic N) is 1. The van der Waals surface area contributed by atoms with Gasteiger partial charge in [0.1, 0.15) is 0 Å². The first-order chi connectivity index (χ1) is 10.6. The molecule has 0 spiro atoms. The lowest BCUT2D eigenvalue weighted by molar-refractivity contribution is -0.119. The average Bonchev–Trinajstić information content (AvgIpc) is 3.19. The summed E-state index contributed by atoms with van der Waals surface area (Å²) < 4.78 is 5.24. The molecule has 1 aromatic carbocycles. The predicted octanol–water partition coefficient (Wildman–Crippen LogP) is 3.91. The lowest BCUT2D eigenvalue weighted by atomic mass is 10.0. The Morgan fingerprint density at radius 2 is 2.14 bits per heavy atom. The lowest BCUT2D eigenvalue weighted by Gasteiger charge is -2.06. The molecule has 1 aliphatic heterocycles. The number of rotatable bonds is 4. The second kappa shape index (κ2) is 6.58. The maximum Gasteiger partial charge on any atom is 0.231 e. The summed E-state index contributed by atoms with van der Waals surface area (Å²) in [5.41, 5.74) is 3.29.